The fraction of sp³-hybridized carbons (Fsp3) is 0.350. The van der Waals surface area contributed by atoms with Crippen LogP contribution in [0.4, 0.5) is 0 Å². The number of hydrogen-bond donors (Lipinski definition) is 1. The standard InChI is InChI=1S/C20H21N5O/c1-12-16-9-15(5-6-19(16)24-23-12)20-17(10-21)13(2)25(7-8-26-4)14(3)18(20)11-22/h5-6,9,20H,7-8H2,1-4H3,(H,23,24). The molecule has 132 valence electrons. The molecule has 0 saturated heterocycles. The van der Waals surface area contributed by atoms with Crippen LogP contribution in [0.3, 0.4) is 0 Å². The summed E-state index contributed by atoms with van der Waals surface area (Å²) in [5.41, 5.74) is 5.72. The molecule has 0 amide bonds. The molecule has 1 aromatic heterocycles. The van der Waals surface area contributed by atoms with Gasteiger partial charge in [0.25, 0.3) is 0 Å². The summed E-state index contributed by atoms with van der Waals surface area (Å²) in [4.78, 5) is 2.00. The first kappa shape index (κ1) is 17.7. The molecule has 3 rings (SSSR count). The van der Waals surface area contributed by atoms with Crippen LogP contribution in [0.1, 0.15) is 31.0 Å². The molecule has 1 aliphatic rings. The van der Waals surface area contributed by atoms with Crippen molar-refractivity contribution < 1.29 is 4.74 Å². The molecule has 1 aromatic carbocycles. The molecule has 0 spiro atoms. The number of nitrogens with zero attached hydrogens (tertiary/aromatic N) is 4. The van der Waals surface area contributed by atoms with Crippen molar-refractivity contribution in [1.29, 1.82) is 10.5 Å². The molecule has 1 aliphatic heterocycles. The summed E-state index contributed by atoms with van der Waals surface area (Å²) in [5.74, 6) is -0.359. The number of aromatic nitrogens is 2. The Morgan fingerprint density at radius 2 is 1.81 bits per heavy atom. The zero-order valence-electron chi connectivity index (χ0n) is 15.4. The average molecular weight is 347 g/mol. The first-order valence-corrected chi connectivity index (χ1v) is 8.46. The minimum absolute atomic E-state index is 0.359. The number of H-pyrrole nitrogens is 1. The van der Waals surface area contributed by atoms with Crippen molar-refractivity contribution in [3.63, 3.8) is 0 Å². The quantitative estimate of drug-likeness (QED) is 0.914. The number of benzene rings is 1. The van der Waals surface area contributed by atoms with E-state index in [0.717, 1.165) is 33.6 Å². The smallest absolute Gasteiger partial charge is 0.0975 e. The van der Waals surface area contributed by atoms with Crippen molar-refractivity contribution in [3.05, 3.63) is 52.0 Å². The fourth-order valence-electron chi connectivity index (χ4n) is 3.58. The van der Waals surface area contributed by atoms with Crippen LogP contribution in [0.5, 0.6) is 0 Å². The molecular weight excluding hydrogens is 326 g/mol. The molecule has 26 heavy (non-hydrogen) atoms. The van der Waals surface area contributed by atoms with E-state index < -0.39 is 0 Å². The summed E-state index contributed by atoms with van der Waals surface area (Å²) in [6.07, 6.45) is 0. The molecule has 0 bridgehead atoms. The minimum atomic E-state index is -0.359. The van der Waals surface area contributed by atoms with Gasteiger partial charge in [-0.25, -0.2) is 0 Å². The SMILES string of the molecule is COCCN1C(C)=C(C#N)C(c2ccc3n[nH]c(C)c3c2)C(C#N)=C1C. The van der Waals surface area contributed by atoms with E-state index in [1.807, 2.05) is 43.9 Å². The normalized spacial score (nSPS) is 15.5. The number of nitriles is 2. The van der Waals surface area contributed by atoms with Crippen molar-refractivity contribution in [2.45, 2.75) is 26.7 Å². The first-order chi connectivity index (χ1) is 12.5. The Balaban J connectivity index is 2.17. The van der Waals surface area contributed by atoms with Crippen molar-refractivity contribution in [2.75, 3.05) is 20.3 Å². The Hall–Kier alpha value is -3.09. The third-order valence-corrected chi connectivity index (χ3v) is 5.03. The van der Waals surface area contributed by atoms with E-state index in [4.69, 9.17) is 4.74 Å². The van der Waals surface area contributed by atoms with Crippen molar-refractivity contribution in [1.82, 2.24) is 15.1 Å². The van der Waals surface area contributed by atoms with Gasteiger partial charge in [0.1, 0.15) is 0 Å². The number of allylic oxidation sites excluding steroid dienone is 4. The Labute approximate surface area is 153 Å². The molecular formula is C20H21N5O. The highest BCUT2D eigenvalue weighted by Gasteiger charge is 2.33. The second kappa shape index (κ2) is 7.03. The maximum atomic E-state index is 9.85. The second-order valence-corrected chi connectivity index (χ2v) is 6.42. The monoisotopic (exact) mass is 347 g/mol. The number of nitrogens with one attached hydrogen (secondary N) is 1. The number of methoxy groups -OCH3 is 1. The lowest BCUT2D eigenvalue weighted by molar-refractivity contribution is 0.174. The maximum Gasteiger partial charge on any atom is 0.0975 e. The van der Waals surface area contributed by atoms with Gasteiger partial charge in [-0.2, -0.15) is 15.6 Å². The van der Waals surface area contributed by atoms with E-state index in [2.05, 4.69) is 22.3 Å². The van der Waals surface area contributed by atoms with Crippen LogP contribution >= 0.6 is 0 Å². The van der Waals surface area contributed by atoms with E-state index in [9.17, 15) is 10.5 Å². The summed E-state index contributed by atoms with van der Waals surface area (Å²) >= 11 is 0. The van der Waals surface area contributed by atoms with E-state index in [-0.39, 0.29) is 5.92 Å². The van der Waals surface area contributed by atoms with Gasteiger partial charge in [0.05, 0.1) is 41.3 Å². The van der Waals surface area contributed by atoms with Crippen LogP contribution in [-0.2, 0) is 4.74 Å². The Morgan fingerprint density at radius 1 is 1.15 bits per heavy atom. The van der Waals surface area contributed by atoms with Crippen LogP contribution in [0.25, 0.3) is 10.9 Å². The summed E-state index contributed by atoms with van der Waals surface area (Å²) in [5, 5.41) is 27.9. The molecule has 6 nitrogen and oxygen atoms in total. The third kappa shape index (κ3) is 2.75. The number of hydrogen-bond acceptors (Lipinski definition) is 5. The van der Waals surface area contributed by atoms with Gasteiger partial charge in [-0.3, -0.25) is 5.10 Å². The first-order valence-electron chi connectivity index (χ1n) is 8.46. The van der Waals surface area contributed by atoms with Gasteiger partial charge >= 0.3 is 0 Å². The Bertz CT molecular complexity index is 961. The minimum Gasteiger partial charge on any atom is -0.383 e. The maximum absolute atomic E-state index is 9.85. The van der Waals surface area contributed by atoms with E-state index in [0.29, 0.717) is 24.3 Å². The van der Waals surface area contributed by atoms with Gasteiger partial charge in [0.2, 0.25) is 0 Å². The summed E-state index contributed by atoms with van der Waals surface area (Å²) < 4.78 is 5.18. The average Bonchev–Trinajstić information content (AvgIpc) is 3.01. The van der Waals surface area contributed by atoms with Crippen LogP contribution < -0.4 is 0 Å². The molecule has 0 atom stereocenters. The van der Waals surface area contributed by atoms with E-state index in [1.54, 1.807) is 7.11 Å². The predicted molar refractivity (Wildman–Crippen MR) is 98.8 cm³/mol. The lowest BCUT2D eigenvalue weighted by Gasteiger charge is -2.35. The molecule has 6 heteroatoms. The number of aryl methyl sites for hydroxylation is 1. The highest BCUT2D eigenvalue weighted by atomic mass is 16.5. The third-order valence-electron chi connectivity index (χ3n) is 5.03. The van der Waals surface area contributed by atoms with E-state index >= 15 is 0 Å². The molecule has 2 heterocycles. The van der Waals surface area contributed by atoms with Gasteiger partial charge < -0.3 is 9.64 Å². The molecule has 0 fully saturated rings. The largest absolute Gasteiger partial charge is 0.383 e. The summed E-state index contributed by atoms with van der Waals surface area (Å²) in [6.45, 7) is 6.96. The summed E-state index contributed by atoms with van der Waals surface area (Å²) in [7, 11) is 1.64. The Morgan fingerprint density at radius 3 is 2.38 bits per heavy atom. The lowest BCUT2D eigenvalue weighted by Crippen LogP contribution is -2.31. The lowest BCUT2D eigenvalue weighted by atomic mass is 9.80. The fourth-order valence-corrected chi connectivity index (χ4v) is 3.58. The van der Waals surface area contributed by atoms with Crippen molar-refractivity contribution in [3.8, 4) is 12.1 Å². The molecule has 0 radical (unpaired) electrons. The molecule has 0 saturated carbocycles. The topological polar surface area (TPSA) is 88.7 Å². The molecule has 1 N–H and O–H groups in total. The van der Waals surface area contributed by atoms with Gasteiger partial charge in [0.15, 0.2) is 0 Å². The number of aromatic amines is 1. The highest BCUT2D eigenvalue weighted by Crippen LogP contribution is 2.41. The van der Waals surface area contributed by atoms with Crippen LogP contribution in [0, 0.1) is 29.6 Å². The number of fused-ring (bicyclic) bond motifs is 1. The van der Waals surface area contributed by atoms with E-state index in [1.165, 1.54) is 0 Å². The van der Waals surface area contributed by atoms with Gasteiger partial charge in [-0.05, 0) is 38.5 Å². The number of rotatable bonds is 4. The van der Waals surface area contributed by atoms with Crippen molar-refractivity contribution >= 4 is 10.9 Å². The van der Waals surface area contributed by atoms with Gasteiger partial charge in [-0.15, -0.1) is 0 Å². The summed E-state index contributed by atoms with van der Waals surface area (Å²) in [6, 6.07) is 10.6. The molecule has 2 aromatic rings. The second-order valence-electron chi connectivity index (χ2n) is 6.42. The predicted octanol–water partition coefficient (Wildman–Crippen LogP) is 3.51. The van der Waals surface area contributed by atoms with Crippen LogP contribution in [0.2, 0.25) is 0 Å². The van der Waals surface area contributed by atoms with Gasteiger partial charge in [-0.1, -0.05) is 6.07 Å². The van der Waals surface area contributed by atoms with Crippen LogP contribution in [-0.4, -0.2) is 35.4 Å². The number of ether oxygens (including phenoxy) is 1. The zero-order valence-corrected chi connectivity index (χ0v) is 15.4. The molecule has 0 unspecified atom stereocenters. The zero-order chi connectivity index (χ0) is 18.8. The van der Waals surface area contributed by atoms with Crippen LogP contribution in [0.15, 0.2) is 40.7 Å². The molecule has 0 aliphatic carbocycles. The van der Waals surface area contributed by atoms with Crippen molar-refractivity contribution in [2.24, 2.45) is 0 Å². The Kier molecular flexibility index (Phi) is 4.79. The highest BCUT2D eigenvalue weighted by molar-refractivity contribution is 5.82. The van der Waals surface area contributed by atoms with Gasteiger partial charge in [0, 0.05) is 36.1 Å².